The number of aryl methyl sites for hydroxylation is 1. The van der Waals surface area contributed by atoms with Gasteiger partial charge in [0, 0.05) is 39.4 Å². The molecule has 11 nitrogen and oxygen atoms in total. The first kappa shape index (κ1) is 22.4. The standard InChI is InChI=1S/C16H20N4O7S3/c1-18-10-11(9-12(18)15(17)21)29(23,24)19-4-6-20(7-5-19)30(25,26)13-3-8-28-14(13)16(22)27-2/h3,8-10H,4-7H2,1-2H3,(H2,17,21). The fourth-order valence-corrected chi connectivity index (χ4v) is 7.33. The van der Waals surface area contributed by atoms with Gasteiger partial charge >= 0.3 is 5.97 Å². The molecule has 2 N–H and O–H groups in total. The van der Waals surface area contributed by atoms with Gasteiger partial charge in [0.15, 0.2) is 0 Å². The number of piperazine rings is 1. The Balaban J connectivity index is 1.79. The zero-order valence-corrected chi connectivity index (χ0v) is 18.6. The van der Waals surface area contributed by atoms with E-state index in [1.165, 1.54) is 35.3 Å². The number of amides is 1. The van der Waals surface area contributed by atoms with E-state index in [0.717, 1.165) is 27.1 Å². The molecule has 0 aromatic carbocycles. The van der Waals surface area contributed by atoms with Crippen molar-refractivity contribution in [3.05, 3.63) is 34.3 Å². The van der Waals surface area contributed by atoms with Crippen molar-refractivity contribution in [3.8, 4) is 0 Å². The van der Waals surface area contributed by atoms with E-state index < -0.39 is 31.9 Å². The summed E-state index contributed by atoms with van der Waals surface area (Å²) in [5, 5.41) is 1.48. The zero-order chi connectivity index (χ0) is 22.3. The normalized spacial score (nSPS) is 16.5. The summed E-state index contributed by atoms with van der Waals surface area (Å²) >= 11 is 0.954. The van der Waals surface area contributed by atoms with E-state index in [-0.39, 0.29) is 46.5 Å². The summed E-state index contributed by atoms with van der Waals surface area (Å²) in [5.41, 5.74) is 5.28. The summed E-state index contributed by atoms with van der Waals surface area (Å²) in [6.07, 6.45) is 1.28. The molecule has 0 unspecified atom stereocenters. The monoisotopic (exact) mass is 476 g/mol. The Labute approximate surface area is 177 Å². The second-order valence-corrected chi connectivity index (χ2v) is 11.2. The summed E-state index contributed by atoms with van der Waals surface area (Å²) < 4.78 is 59.9. The molecular formula is C16H20N4O7S3. The number of nitrogens with zero attached hydrogens (tertiary/aromatic N) is 3. The lowest BCUT2D eigenvalue weighted by Crippen LogP contribution is -2.50. The third-order valence-electron chi connectivity index (χ3n) is 4.69. The fourth-order valence-electron chi connectivity index (χ4n) is 3.10. The molecule has 0 saturated carbocycles. The average Bonchev–Trinajstić information content (AvgIpc) is 3.35. The number of aromatic nitrogens is 1. The van der Waals surface area contributed by atoms with E-state index >= 15 is 0 Å². The molecule has 0 radical (unpaired) electrons. The Hall–Kier alpha value is -2.26. The minimum absolute atomic E-state index is 0.0317. The lowest BCUT2D eigenvalue weighted by molar-refractivity contribution is 0.0602. The Morgan fingerprint density at radius 1 is 1.07 bits per heavy atom. The minimum Gasteiger partial charge on any atom is -0.465 e. The SMILES string of the molecule is COC(=O)c1sccc1S(=O)(=O)N1CCN(S(=O)(=O)c2cc(C(N)=O)n(C)c2)CC1. The second-order valence-electron chi connectivity index (χ2n) is 6.45. The minimum atomic E-state index is -4.00. The van der Waals surface area contributed by atoms with Gasteiger partial charge in [-0.2, -0.15) is 8.61 Å². The van der Waals surface area contributed by atoms with Crippen LogP contribution in [0.4, 0.5) is 0 Å². The molecule has 30 heavy (non-hydrogen) atoms. The van der Waals surface area contributed by atoms with Gasteiger partial charge < -0.3 is 15.0 Å². The maximum Gasteiger partial charge on any atom is 0.349 e. The van der Waals surface area contributed by atoms with Crippen molar-refractivity contribution in [1.29, 1.82) is 0 Å². The maximum absolute atomic E-state index is 12.9. The highest BCUT2D eigenvalue weighted by Gasteiger charge is 2.36. The highest BCUT2D eigenvalue weighted by atomic mass is 32.2. The Kier molecular flexibility index (Phi) is 6.06. The molecule has 0 atom stereocenters. The van der Waals surface area contributed by atoms with Crippen molar-refractivity contribution in [2.24, 2.45) is 12.8 Å². The molecule has 14 heteroatoms. The topological polar surface area (TPSA) is 149 Å². The van der Waals surface area contributed by atoms with Gasteiger partial charge in [0.2, 0.25) is 20.0 Å². The van der Waals surface area contributed by atoms with Crippen molar-refractivity contribution in [2.45, 2.75) is 9.79 Å². The number of thiophene rings is 1. The van der Waals surface area contributed by atoms with E-state index in [2.05, 4.69) is 4.74 Å². The van der Waals surface area contributed by atoms with Crippen molar-refractivity contribution in [1.82, 2.24) is 13.2 Å². The number of hydrogen-bond donors (Lipinski definition) is 1. The lowest BCUT2D eigenvalue weighted by atomic mass is 10.4. The molecule has 1 amide bonds. The second kappa shape index (κ2) is 8.11. The van der Waals surface area contributed by atoms with Crippen molar-refractivity contribution in [2.75, 3.05) is 33.3 Å². The smallest absolute Gasteiger partial charge is 0.349 e. The molecule has 1 aliphatic heterocycles. The fraction of sp³-hybridized carbons (Fsp3) is 0.375. The molecular weight excluding hydrogens is 456 g/mol. The van der Waals surface area contributed by atoms with Crippen LogP contribution in [0.25, 0.3) is 0 Å². The van der Waals surface area contributed by atoms with Crippen LogP contribution in [0.2, 0.25) is 0 Å². The number of esters is 1. The van der Waals surface area contributed by atoms with Gasteiger partial charge in [0.05, 0.1) is 7.11 Å². The predicted octanol–water partition coefficient (Wildman–Crippen LogP) is -0.333. The number of nitrogens with two attached hydrogens (primary N) is 1. The van der Waals surface area contributed by atoms with Crippen LogP contribution < -0.4 is 5.73 Å². The van der Waals surface area contributed by atoms with Crippen LogP contribution in [0.5, 0.6) is 0 Å². The number of carbonyl (C=O) groups is 2. The van der Waals surface area contributed by atoms with Gasteiger partial charge in [0.25, 0.3) is 5.91 Å². The predicted molar refractivity (Wildman–Crippen MR) is 107 cm³/mol. The number of ether oxygens (including phenoxy) is 1. The number of carbonyl (C=O) groups excluding carboxylic acids is 2. The van der Waals surface area contributed by atoms with Crippen LogP contribution in [0.15, 0.2) is 33.5 Å². The third-order valence-corrected chi connectivity index (χ3v) is 9.51. The van der Waals surface area contributed by atoms with Gasteiger partial charge in [-0.3, -0.25) is 4.79 Å². The van der Waals surface area contributed by atoms with E-state index in [0.29, 0.717) is 0 Å². The van der Waals surface area contributed by atoms with Gasteiger partial charge in [0.1, 0.15) is 20.4 Å². The Morgan fingerprint density at radius 2 is 1.63 bits per heavy atom. The number of rotatable bonds is 6. The van der Waals surface area contributed by atoms with E-state index in [4.69, 9.17) is 5.73 Å². The third kappa shape index (κ3) is 3.88. The van der Waals surface area contributed by atoms with Crippen LogP contribution in [0, 0.1) is 0 Å². The summed E-state index contributed by atoms with van der Waals surface area (Å²) in [4.78, 5) is 22.9. The number of primary amides is 1. The summed E-state index contributed by atoms with van der Waals surface area (Å²) in [5.74, 6) is -1.51. The Bertz CT molecular complexity index is 1190. The maximum atomic E-state index is 12.9. The van der Waals surface area contributed by atoms with Gasteiger partial charge in [-0.15, -0.1) is 11.3 Å². The highest BCUT2D eigenvalue weighted by Crippen LogP contribution is 2.28. The van der Waals surface area contributed by atoms with Crippen LogP contribution in [-0.4, -0.2) is 75.2 Å². The van der Waals surface area contributed by atoms with E-state index in [1.807, 2.05) is 0 Å². The molecule has 0 bridgehead atoms. The van der Waals surface area contributed by atoms with E-state index in [1.54, 1.807) is 0 Å². The van der Waals surface area contributed by atoms with Gasteiger partial charge in [-0.25, -0.2) is 21.6 Å². The summed E-state index contributed by atoms with van der Waals surface area (Å²) in [6, 6.07) is 2.51. The molecule has 1 aliphatic rings. The zero-order valence-electron chi connectivity index (χ0n) is 16.1. The van der Waals surface area contributed by atoms with Crippen LogP contribution in [0.1, 0.15) is 20.2 Å². The summed E-state index contributed by atoms with van der Waals surface area (Å²) in [6.45, 7) is -0.346. The molecule has 1 fully saturated rings. The van der Waals surface area contributed by atoms with Gasteiger partial charge in [-0.05, 0) is 17.5 Å². The van der Waals surface area contributed by atoms with E-state index in [9.17, 15) is 26.4 Å². The molecule has 1 saturated heterocycles. The molecule has 0 spiro atoms. The first-order valence-corrected chi connectivity index (χ1v) is 12.4. The molecule has 2 aromatic rings. The molecule has 3 heterocycles. The first-order chi connectivity index (χ1) is 14.0. The molecule has 164 valence electrons. The largest absolute Gasteiger partial charge is 0.465 e. The molecule has 0 aliphatic carbocycles. The van der Waals surface area contributed by atoms with Gasteiger partial charge in [-0.1, -0.05) is 0 Å². The van der Waals surface area contributed by atoms with Crippen LogP contribution >= 0.6 is 11.3 Å². The van der Waals surface area contributed by atoms with Crippen molar-refractivity contribution in [3.63, 3.8) is 0 Å². The Morgan fingerprint density at radius 3 is 2.13 bits per heavy atom. The number of sulfonamides is 2. The first-order valence-electron chi connectivity index (χ1n) is 8.62. The lowest BCUT2D eigenvalue weighted by Gasteiger charge is -2.33. The van der Waals surface area contributed by atoms with Crippen molar-refractivity contribution >= 4 is 43.3 Å². The average molecular weight is 477 g/mol. The van der Waals surface area contributed by atoms with Crippen LogP contribution in [0.3, 0.4) is 0 Å². The quantitative estimate of drug-likeness (QED) is 0.561. The molecule has 3 rings (SSSR count). The van der Waals surface area contributed by atoms with Crippen molar-refractivity contribution < 1.29 is 31.2 Å². The number of methoxy groups -OCH3 is 1. The highest BCUT2D eigenvalue weighted by molar-refractivity contribution is 7.89. The number of hydrogen-bond acceptors (Lipinski definition) is 8. The van der Waals surface area contributed by atoms with Crippen LogP contribution in [-0.2, 0) is 31.8 Å². The summed E-state index contributed by atoms with van der Waals surface area (Å²) in [7, 11) is -5.26. The molecule has 2 aromatic heterocycles.